The van der Waals surface area contributed by atoms with E-state index < -0.39 is 0 Å². The molecule has 1 saturated heterocycles. The lowest BCUT2D eigenvalue weighted by Gasteiger charge is -2.39. The summed E-state index contributed by atoms with van der Waals surface area (Å²) in [6, 6.07) is 0.623. The summed E-state index contributed by atoms with van der Waals surface area (Å²) < 4.78 is 0. The van der Waals surface area contributed by atoms with Crippen molar-refractivity contribution in [2.75, 3.05) is 32.7 Å². The fraction of sp³-hybridized carbons (Fsp3) is 0.929. The van der Waals surface area contributed by atoms with Crippen LogP contribution in [-0.2, 0) is 4.79 Å². The van der Waals surface area contributed by atoms with E-state index in [9.17, 15) is 4.79 Å². The molecule has 1 aliphatic rings. The number of carbonyl (C=O) groups excluding carboxylic acids is 1. The SMILES string of the molecule is CCC(C)N1CCN(C(=O)C(CN)C(C)C)CC1. The Morgan fingerprint density at radius 2 is 1.72 bits per heavy atom. The number of piperazine rings is 1. The van der Waals surface area contributed by atoms with Gasteiger partial charge >= 0.3 is 0 Å². The lowest BCUT2D eigenvalue weighted by Crippen LogP contribution is -2.53. The van der Waals surface area contributed by atoms with Crippen molar-refractivity contribution in [3.63, 3.8) is 0 Å². The van der Waals surface area contributed by atoms with Crippen molar-refractivity contribution in [1.29, 1.82) is 0 Å². The van der Waals surface area contributed by atoms with E-state index in [-0.39, 0.29) is 11.8 Å². The maximum Gasteiger partial charge on any atom is 0.227 e. The van der Waals surface area contributed by atoms with Gasteiger partial charge in [-0.15, -0.1) is 0 Å². The zero-order valence-corrected chi connectivity index (χ0v) is 12.4. The van der Waals surface area contributed by atoms with E-state index in [0.29, 0.717) is 18.5 Å². The van der Waals surface area contributed by atoms with Gasteiger partial charge in [0.15, 0.2) is 0 Å². The minimum atomic E-state index is -0.0138. The lowest BCUT2D eigenvalue weighted by molar-refractivity contribution is -0.138. The first-order chi connectivity index (χ1) is 8.51. The van der Waals surface area contributed by atoms with E-state index in [0.717, 1.165) is 26.2 Å². The van der Waals surface area contributed by atoms with Gasteiger partial charge in [0, 0.05) is 38.8 Å². The minimum Gasteiger partial charge on any atom is -0.340 e. The second-order valence-electron chi connectivity index (χ2n) is 5.70. The Bertz CT molecular complexity index is 260. The van der Waals surface area contributed by atoms with Crippen molar-refractivity contribution in [2.45, 2.75) is 40.2 Å². The molecule has 0 radical (unpaired) electrons. The molecule has 1 aliphatic heterocycles. The Balaban J connectivity index is 2.49. The summed E-state index contributed by atoms with van der Waals surface area (Å²) in [5.41, 5.74) is 5.72. The summed E-state index contributed by atoms with van der Waals surface area (Å²) >= 11 is 0. The van der Waals surface area contributed by atoms with Crippen LogP contribution in [0.4, 0.5) is 0 Å². The number of amides is 1. The highest BCUT2D eigenvalue weighted by atomic mass is 16.2. The van der Waals surface area contributed by atoms with Gasteiger partial charge in [-0.05, 0) is 19.3 Å². The van der Waals surface area contributed by atoms with Gasteiger partial charge in [0.05, 0.1) is 5.92 Å². The van der Waals surface area contributed by atoms with Crippen molar-refractivity contribution in [1.82, 2.24) is 9.80 Å². The molecule has 1 rings (SSSR count). The maximum absolute atomic E-state index is 12.3. The first-order valence-corrected chi connectivity index (χ1v) is 7.24. The zero-order valence-electron chi connectivity index (χ0n) is 12.4. The molecule has 0 spiro atoms. The topological polar surface area (TPSA) is 49.6 Å². The second kappa shape index (κ2) is 7.10. The standard InChI is InChI=1S/C14H29N3O/c1-5-12(4)16-6-8-17(9-7-16)14(18)13(10-15)11(2)3/h11-13H,5-10,15H2,1-4H3. The summed E-state index contributed by atoms with van der Waals surface area (Å²) in [7, 11) is 0. The molecule has 2 unspecified atom stereocenters. The van der Waals surface area contributed by atoms with Crippen LogP contribution in [-0.4, -0.2) is 54.5 Å². The molecular formula is C14H29N3O. The average Bonchev–Trinajstić information content (AvgIpc) is 2.38. The number of nitrogens with two attached hydrogens (primary N) is 1. The molecule has 4 nitrogen and oxygen atoms in total. The van der Waals surface area contributed by atoms with Gasteiger partial charge < -0.3 is 10.6 Å². The molecule has 1 heterocycles. The van der Waals surface area contributed by atoms with Gasteiger partial charge in [-0.2, -0.15) is 0 Å². The van der Waals surface area contributed by atoms with Crippen molar-refractivity contribution < 1.29 is 4.79 Å². The van der Waals surface area contributed by atoms with Crippen molar-refractivity contribution in [2.24, 2.45) is 17.6 Å². The van der Waals surface area contributed by atoms with E-state index in [1.807, 2.05) is 4.90 Å². The molecule has 4 heteroatoms. The first-order valence-electron chi connectivity index (χ1n) is 7.24. The van der Waals surface area contributed by atoms with Gasteiger partial charge in [0.1, 0.15) is 0 Å². The molecule has 18 heavy (non-hydrogen) atoms. The van der Waals surface area contributed by atoms with Crippen LogP contribution in [0.2, 0.25) is 0 Å². The molecule has 2 N–H and O–H groups in total. The van der Waals surface area contributed by atoms with Gasteiger partial charge in [0.2, 0.25) is 5.91 Å². The molecule has 1 amide bonds. The number of hydrogen-bond acceptors (Lipinski definition) is 3. The number of carbonyl (C=O) groups is 1. The van der Waals surface area contributed by atoms with Gasteiger partial charge in [-0.25, -0.2) is 0 Å². The Labute approximate surface area is 111 Å². The minimum absolute atomic E-state index is 0.0138. The Morgan fingerprint density at radius 1 is 1.17 bits per heavy atom. The second-order valence-corrected chi connectivity index (χ2v) is 5.70. The Hall–Kier alpha value is -0.610. The Kier molecular flexibility index (Phi) is 6.09. The van der Waals surface area contributed by atoms with Crippen LogP contribution in [0.15, 0.2) is 0 Å². The van der Waals surface area contributed by atoms with Crippen molar-refractivity contribution >= 4 is 5.91 Å². The third-order valence-corrected chi connectivity index (χ3v) is 4.22. The summed E-state index contributed by atoms with van der Waals surface area (Å²) in [6.07, 6.45) is 1.17. The highest BCUT2D eigenvalue weighted by molar-refractivity contribution is 5.79. The van der Waals surface area contributed by atoms with Crippen LogP contribution >= 0.6 is 0 Å². The van der Waals surface area contributed by atoms with Crippen LogP contribution in [0.25, 0.3) is 0 Å². The summed E-state index contributed by atoms with van der Waals surface area (Å²) in [5.74, 6) is 0.562. The molecule has 0 aromatic rings. The van der Waals surface area contributed by atoms with Crippen LogP contribution in [0.5, 0.6) is 0 Å². The molecule has 0 aromatic carbocycles. The highest BCUT2D eigenvalue weighted by Crippen LogP contribution is 2.16. The number of nitrogens with zero attached hydrogens (tertiary/aromatic N) is 2. The molecule has 0 aliphatic carbocycles. The Morgan fingerprint density at radius 3 is 2.11 bits per heavy atom. The van der Waals surface area contributed by atoms with Crippen LogP contribution in [0, 0.1) is 11.8 Å². The smallest absolute Gasteiger partial charge is 0.227 e. The van der Waals surface area contributed by atoms with E-state index in [1.165, 1.54) is 6.42 Å². The summed E-state index contributed by atoms with van der Waals surface area (Å²) in [5, 5.41) is 0. The fourth-order valence-corrected chi connectivity index (χ4v) is 2.53. The average molecular weight is 255 g/mol. The summed E-state index contributed by atoms with van der Waals surface area (Å²) in [4.78, 5) is 16.8. The normalized spacial score (nSPS) is 21.1. The zero-order chi connectivity index (χ0) is 13.7. The van der Waals surface area contributed by atoms with E-state index in [4.69, 9.17) is 5.73 Å². The van der Waals surface area contributed by atoms with Crippen LogP contribution in [0.3, 0.4) is 0 Å². The van der Waals surface area contributed by atoms with Gasteiger partial charge in [0.25, 0.3) is 0 Å². The van der Waals surface area contributed by atoms with Crippen molar-refractivity contribution in [3.8, 4) is 0 Å². The van der Waals surface area contributed by atoms with E-state index in [2.05, 4.69) is 32.6 Å². The quantitative estimate of drug-likeness (QED) is 0.802. The fourth-order valence-electron chi connectivity index (χ4n) is 2.53. The lowest BCUT2D eigenvalue weighted by atomic mass is 9.94. The highest BCUT2D eigenvalue weighted by Gasteiger charge is 2.29. The van der Waals surface area contributed by atoms with Crippen molar-refractivity contribution in [3.05, 3.63) is 0 Å². The maximum atomic E-state index is 12.3. The predicted octanol–water partition coefficient (Wildman–Crippen LogP) is 1.16. The monoisotopic (exact) mass is 255 g/mol. The number of hydrogen-bond donors (Lipinski definition) is 1. The number of rotatable bonds is 5. The summed E-state index contributed by atoms with van der Waals surface area (Å²) in [6.45, 7) is 12.8. The van der Waals surface area contributed by atoms with Gasteiger partial charge in [-0.3, -0.25) is 9.69 Å². The molecule has 106 valence electrons. The van der Waals surface area contributed by atoms with Gasteiger partial charge in [-0.1, -0.05) is 20.8 Å². The third-order valence-electron chi connectivity index (χ3n) is 4.22. The largest absolute Gasteiger partial charge is 0.340 e. The molecule has 0 aromatic heterocycles. The van der Waals surface area contributed by atoms with Crippen LogP contribution < -0.4 is 5.73 Å². The molecular weight excluding hydrogens is 226 g/mol. The van der Waals surface area contributed by atoms with E-state index in [1.54, 1.807) is 0 Å². The molecule has 1 fully saturated rings. The van der Waals surface area contributed by atoms with Crippen LogP contribution in [0.1, 0.15) is 34.1 Å². The molecule has 0 bridgehead atoms. The van der Waals surface area contributed by atoms with E-state index >= 15 is 0 Å². The first kappa shape index (κ1) is 15.4. The third kappa shape index (κ3) is 3.69. The molecule has 0 saturated carbocycles. The molecule has 2 atom stereocenters. The predicted molar refractivity (Wildman–Crippen MR) is 75.3 cm³/mol.